The molecule has 0 aliphatic rings. The summed E-state index contributed by atoms with van der Waals surface area (Å²) >= 11 is 4.74. The number of ether oxygens (including phenoxy) is 4. The highest BCUT2D eigenvalue weighted by Gasteiger charge is 2.37. The molecule has 0 saturated carbocycles. The summed E-state index contributed by atoms with van der Waals surface area (Å²) in [5, 5.41) is 4.91. The van der Waals surface area contributed by atoms with Crippen molar-refractivity contribution in [3.8, 4) is 0 Å². The van der Waals surface area contributed by atoms with Gasteiger partial charge in [-0.15, -0.1) is 0 Å². The van der Waals surface area contributed by atoms with Crippen molar-refractivity contribution in [2.45, 2.75) is 46.0 Å². The van der Waals surface area contributed by atoms with Gasteiger partial charge in [0, 0.05) is 34.7 Å². The lowest BCUT2D eigenvalue weighted by Crippen LogP contribution is -2.48. The quantitative estimate of drug-likeness (QED) is 0.174. The van der Waals surface area contributed by atoms with Crippen molar-refractivity contribution in [3.63, 3.8) is 0 Å². The van der Waals surface area contributed by atoms with Crippen LogP contribution in [-0.2, 0) is 38.1 Å². The van der Waals surface area contributed by atoms with E-state index in [1.54, 1.807) is 0 Å². The van der Waals surface area contributed by atoms with Gasteiger partial charge in [-0.1, -0.05) is 0 Å². The lowest BCUT2D eigenvalue weighted by molar-refractivity contribution is -0.183. The van der Waals surface area contributed by atoms with Gasteiger partial charge in [0.2, 0.25) is 0 Å². The number of hydrogen-bond acceptors (Lipinski definition) is 10. The van der Waals surface area contributed by atoms with Gasteiger partial charge in [-0.05, 0) is 12.2 Å². The summed E-state index contributed by atoms with van der Waals surface area (Å²) in [5.74, 6) is -2.87. The van der Waals surface area contributed by atoms with Crippen LogP contribution in [0.3, 0.4) is 0 Å². The topological polar surface area (TPSA) is 147 Å². The van der Waals surface area contributed by atoms with E-state index in [4.69, 9.17) is 36.9 Å². The first-order chi connectivity index (χ1) is 12.4. The zero-order chi connectivity index (χ0) is 21.1. The lowest BCUT2D eigenvalue weighted by Gasteiger charge is -2.30. The van der Waals surface area contributed by atoms with Crippen molar-refractivity contribution in [2.75, 3.05) is 13.7 Å². The summed E-state index contributed by atoms with van der Waals surface area (Å²) < 4.78 is 20.2. The summed E-state index contributed by atoms with van der Waals surface area (Å²) in [4.78, 5) is 45.5. The largest absolute Gasteiger partial charge is 0.462 e. The molecule has 0 fully saturated rings. The molecule has 0 saturated heterocycles. The Labute approximate surface area is 161 Å². The highest BCUT2D eigenvalue weighted by Crippen LogP contribution is 2.14. The van der Waals surface area contributed by atoms with Crippen LogP contribution in [0.4, 0.5) is 0 Å². The van der Waals surface area contributed by atoms with Gasteiger partial charge in [0.15, 0.2) is 23.4 Å². The monoisotopic (exact) mass is 405 g/mol. The zero-order valence-corrected chi connectivity index (χ0v) is 16.5. The first-order valence-corrected chi connectivity index (χ1v) is 8.07. The molecule has 3 atom stereocenters. The van der Waals surface area contributed by atoms with E-state index in [0.717, 1.165) is 38.9 Å². The second kappa shape index (κ2) is 11.8. The fourth-order valence-corrected chi connectivity index (χ4v) is 1.80. The number of rotatable bonds is 9. The van der Waals surface area contributed by atoms with Gasteiger partial charge in [0.1, 0.15) is 6.61 Å². The van der Waals surface area contributed by atoms with Crippen LogP contribution in [0.25, 0.3) is 0 Å². The molecular formula is C15H23N3O8S. The normalized spacial score (nSPS) is 13.8. The molecule has 27 heavy (non-hydrogen) atoms. The number of thiocarbonyl (C=S) groups is 1. The molecule has 0 bridgehead atoms. The van der Waals surface area contributed by atoms with Gasteiger partial charge < -0.3 is 24.7 Å². The maximum absolute atomic E-state index is 11.5. The summed E-state index contributed by atoms with van der Waals surface area (Å²) in [7, 11) is 1.44. The fourth-order valence-electron chi connectivity index (χ4n) is 1.75. The molecule has 2 N–H and O–H groups in total. The molecule has 0 radical (unpaired) electrons. The third-order valence-electron chi connectivity index (χ3n) is 2.77. The Hall–Kier alpha value is -2.76. The van der Waals surface area contributed by atoms with Gasteiger partial charge in [-0.3, -0.25) is 19.2 Å². The summed E-state index contributed by atoms with van der Waals surface area (Å²) in [6.45, 7) is 4.04. The van der Waals surface area contributed by atoms with E-state index in [0.29, 0.717) is 0 Å². The molecule has 0 aliphatic carbocycles. The Bertz CT molecular complexity index is 610. The van der Waals surface area contributed by atoms with E-state index < -0.39 is 48.8 Å². The summed E-state index contributed by atoms with van der Waals surface area (Å²) in [5.41, 5.74) is 5.41. The molecule has 152 valence electrons. The first kappa shape index (κ1) is 24.2. The van der Waals surface area contributed by atoms with Gasteiger partial charge in [0.05, 0.1) is 6.21 Å². The average Bonchev–Trinajstić information content (AvgIpc) is 2.51. The third-order valence-corrected chi connectivity index (χ3v) is 3.03. The van der Waals surface area contributed by atoms with Crippen LogP contribution < -0.4 is 5.73 Å². The molecular weight excluding hydrogens is 382 g/mol. The molecule has 0 amide bonds. The minimum absolute atomic E-state index is 0.0756. The van der Waals surface area contributed by atoms with Crippen LogP contribution in [0.1, 0.15) is 27.7 Å². The van der Waals surface area contributed by atoms with Crippen LogP contribution in [-0.4, -0.2) is 72.2 Å². The number of carbonyl (C=O) groups is 4. The predicted octanol–water partition coefficient (Wildman–Crippen LogP) is -0.494. The van der Waals surface area contributed by atoms with E-state index in [1.165, 1.54) is 7.05 Å². The zero-order valence-electron chi connectivity index (χ0n) is 15.7. The minimum atomic E-state index is -1.35. The Balaban J connectivity index is 5.84. The molecule has 0 aromatic carbocycles. The van der Waals surface area contributed by atoms with Gasteiger partial charge >= 0.3 is 23.9 Å². The van der Waals surface area contributed by atoms with Gasteiger partial charge in [0.25, 0.3) is 0 Å². The molecule has 0 aromatic heterocycles. The number of hydrogen-bond donors (Lipinski definition) is 1. The third kappa shape index (κ3) is 10.7. The smallest absolute Gasteiger partial charge is 0.303 e. The van der Waals surface area contributed by atoms with Gasteiger partial charge in [-0.2, -0.15) is 5.10 Å². The van der Waals surface area contributed by atoms with Crippen LogP contribution in [0, 0.1) is 0 Å². The Morgan fingerprint density at radius 1 is 1.00 bits per heavy atom. The van der Waals surface area contributed by atoms with Crippen LogP contribution in [0.5, 0.6) is 0 Å². The van der Waals surface area contributed by atoms with E-state index in [2.05, 4.69) is 5.10 Å². The van der Waals surface area contributed by atoms with E-state index in [9.17, 15) is 19.2 Å². The van der Waals surface area contributed by atoms with Crippen LogP contribution in [0.2, 0.25) is 0 Å². The molecule has 12 heteroatoms. The fraction of sp³-hybridized carbons (Fsp3) is 0.600. The number of hydrazone groups is 1. The molecule has 0 aromatic rings. The maximum Gasteiger partial charge on any atom is 0.303 e. The van der Waals surface area contributed by atoms with E-state index >= 15 is 0 Å². The molecule has 0 aliphatic heterocycles. The highest BCUT2D eigenvalue weighted by atomic mass is 32.1. The van der Waals surface area contributed by atoms with Gasteiger partial charge in [-0.25, -0.2) is 5.01 Å². The summed E-state index contributed by atoms with van der Waals surface area (Å²) in [6, 6.07) is 0. The molecule has 0 spiro atoms. The standard InChI is InChI=1S/C15H23N3O8S/c1-8(19)23-7-13(25-10(3)21)14(26-11(4)22)12(24-9(2)20)6-17-18(5)15(16)27/h6,12-14H,7H2,1-5H3,(H2,16,27)/b17-6-/t12-,13-,14+/m0/s1. The summed E-state index contributed by atoms with van der Waals surface area (Å²) in [6.07, 6.45) is -2.80. The van der Waals surface area contributed by atoms with E-state index in [-0.39, 0.29) is 5.11 Å². The SMILES string of the molecule is CC(=O)OC[C@H](OC(C)=O)[C@H](OC(C)=O)[C@H](/C=N\N(C)C(N)=S)OC(C)=O. The maximum atomic E-state index is 11.5. The molecule has 0 unspecified atom stereocenters. The Morgan fingerprint density at radius 2 is 1.52 bits per heavy atom. The van der Waals surface area contributed by atoms with Crippen molar-refractivity contribution >= 4 is 47.4 Å². The predicted molar refractivity (Wildman–Crippen MR) is 96.3 cm³/mol. The first-order valence-electron chi connectivity index (χ1n) is 7.66. The number of nitrogens with zero attached hydrogens (tertiary/aromatic N) is 2. The highest BCUT2D eigenvalue weighted by molar-refractivity contribution is 7.80. The second-order valence-corrected chi connectivity index (χ2v) is 5.64. The Kier molecular flexibility index (Phi) is 10.6. The molecule has 0 heterocycles. The number of esters is 4. The van der Waals surface area contributed by atoms with Crippen LogP contribution in [0.15, 0.2) is 5.10 Å². The van der Waals surface area contributed by atoms with Crippen molar-refractivity contribution in [1.29, 1.82) is 0 Å². The van der Waals surface area contributed by atoms with Crippen LogP contribution >= 0.6 is 12.2 Å². The minimum Gasteiger partial charge on any atom is -0.462 e. The van der Waals surface area contributed by atoms with Crippen molar-refractivity contribution in [3.05, 3.63) is 0 Å². The number of carbonyl (C=O) groups excluding carboxylic acids is 4. The average molecular weight is 405 g/mol. The van der Waals surface area contributed by atoms with Crippen molar-refractivity contribution in [1.82, 2.24) is 5.01 Å². The lowest BCUT2D eigenvalue weighted by atomic mass is 10.1. The molecule has 0 rings (SSSR count). The van der Waals surface area contributed by atoms with Crippen molar-refractivity contribution < 1.29 is 38.1 Å². The van der Waals surface area contributed by atoms with Crippen molar-refractivity contribution in [2.24, 2.45) is 10.8 Å². The van der Waals surface area contributed by atoms with E-state index in [1.807, 2.05) is 0 Å². The second-order valence-electron chi connectivity index (χ2n) is 5.22. The Morgan fingerprint density at radius 3 is 1.93 bits per heavy atom. The molecule has 11 nitrogen and oxygen atoms in total. The number of nitrogens with two attached hydrogens (primary N) is 1.